The Hall–Kier alpha value is -3.62. The van der Waals surface area contributed by atoms with Gasteiger partial charge in [-0.25, -0.2) is 0 Å². The molecule has 1 spiro atoms. The summed E-state index contributed by atoms with van der Waals surface area (Å²) in [5.41, 5.74) is 0.778. The topological polar surface area (TPSA) is 92.1 Å². The smallest absolute Gasteiger partial charge is 0.257 e. The van der Waals surface area contributed by atoms with Crippen molar-refractivity contribution in [3.05, 3.63) is 94.4 Å². The summed E-state index contributed by atoms with van der Waals surface area (Å²) in [6.07, 6.45) is 2.30. The van der Waals surface area contributed by atoms with Crippen LogP contribution < -0.4 is 5.32 Å². The first-order valence-electron chi connectivity index (χ1n) is 12.3. The summed E-state index contributed by atoms with van der Waals surface area (Å²) < 4.78 is 11.6. The van der Waals surface area contributed by atoms with E-state index in [2.05, 4.69) is 5.32 Å². The van der Waals surface area contributed by atoms with E-state index in [4.69, 9.17) is 20.8 Å². The molecule has 3 heterocycles. The minimum Gasteiger partial charge on any atom is -0.467 e. The summed E-state index contributed by atoms with van der Waals surface area (Å²) in [5, 5.41) is 3.27. The van der Waals surface area contributed by atoms with Gasteiger partial charge in [-0.1, -0.05) is 41.9 Å². The van der Waals surface area contributed by atoms with Gasteiger partial charge in [-0.15, -0.1) is 0 Å². The number of halogens is 1. The highest BCUT2D eigenvalue weighted by Gasteiger charge is 2.54. The predicted molar refractivity (Wildman–Crippen MR) is 137 cm³/mol. The number of furan rings is 1. The van der Waals surface area contributed by atoms with E-state index in [1.54, 1.807) is 64.6 Å². The molecule has 1 N–H and O–H groups in total. The van der Waals surface area contributed by atoms with E-state index < -0.39 is 11.8 Å². The lowest BCUT2D eigenvalue weighted by Gasteiger charge is -2.44. The molecule has 0 bridgehead atoms. The second-order valence-electron chi connectivity index (χ2n) is 9.33. The van der Waals surface area contributed by atoms with Crippen molar-refractivity contribution in [3.8, 4) is 0 Å². The lowest BCUT2D eigenvalue weighted by atomic mass is 9.95. The average molecular weight is 522 g/mol. The van der Waals surface area contributed by atoms with Gasteiger partial charge in [-0.3, -0.25) is 19.3 Å². The third-order valence-electron chi connectivity index (χ3n) is 7.11. The van der Waals surface area contributed by atoms with Crippen molar-refractivity contribution < 1.29 is 23.5 Å². The minimum absolute atomic E-state index is 0.0695. The Balaban J connectivity index is 1.38. The van der Waals surface area contributed by atoms with Gasteiger partial charge >= 0.3 is 0 Å². The predicted octanol–water partition coefficient (Wildman–Crippen LogP) is 4.03. The van der Waals surface area contributed by atoms with Gasteiger partial charge in [-0.2, -0.15) is 0 Å². The monoisotopic (exact) mass is 521 g/mol. The quantitative estimate of drug-likeness (QED) is 0.547. The molecule has 0 radical (unpaired) electrons. The van der Waals surface area contributed by atoms with Crippen LogP contribution in [-0.4, -0.2) is 59.0 Å². The van der Waals surface area contributed by atoms with E-state index in [0.717, 1.165) is 5.56 Å². The zero-order chi connectivity index (χ0) is 26.0. The van der Waals surface area contributed by atoms with Gasteiger partial charge in [0.25, 0.3) is 11.8 Å². The first kappa shape index (κ1) is 25.0. The van der Waals surface area contributed by atoms with E-state index in [1.165, 1.54) is 0 Å². The molecule has 2 aliphatic rings. The lowest BCUT2D eigenvalue weighted by molar-refractivity contribution is -0.128. The number of amides is 3. The SMILES string of the molecule is Cc1ccccc1C(=O)N1C(C(=O)NCc2ccco2)COC12CCN(C(=O)c1ccccc1Cl)CC2. The fraction of sp³-hybridized carbons (Fsp3) is 0.321. The van der Waals surface area contributed by atoms with Crippen LogP contribution in [0.2, 0.25) is 5.02 Å². The highest BCUT2D eigenvalue weighted by Crippen LogP contribution is 2.39. The molecule has 3 amide bonds. The number of nitrogens with zero attached hydrogens (tertiary/aromatic N) is 2. The summed E-state index contributed by atoms with van der Waals surface area (Å²) >= 11 is 6.25. The van der Waals surface area contributed by atoms with Crippen LogP contribution in [-0.2, 0) is 16.1 Å². The Morgan fingerprint density at radius 2 is 1.68 bits per heavy atom. The van der Waals surface area contributed by atoms with E-state index in [9.17, 15) is 14.4 Å². The van der Waals surface area contributed by atoms with Gasteiger partial charge in [0.1, 0.15) is 17.5 Å². The van der Waals surface area contributed by atoms with Crippen molar-refractivity contribution in [2.75, 3.05) is 19.7 Å². The van der Waals surface area contributed by atoms with E-state index >= 15 is 0 Å². The zero-order valence-corrected chi connectivity index (χ0v) is 21.2. The second kappa shape index (κ2) is 10.4. The standard InChI is InChI=1S/C28H28ClN3O5/c1-19-7-2-3-9-21(19)27(35)32-24(25(33)30-17-20-8-6-16-36-20)18-37-28(32)12-14-31(15-13-28)26(34)22-10-4-5-11-23(22)29/h2-11,16,24H,12-15,17-18H2,1H3,(H,30,33). The number of rotatable bonds is 5. The van der Waals surface area contributed by atoms with Crippen molar-refractivity contribution in [1.82, 2.24) is 15.1 Å². The fourth-order valence-corrected chi connectivity index (χ4v) is 5.30. The molecule has 1 atom stereocenters. The first-order valence-corrected chi connectivity index (χ1v) is 12.6. The number of nitrogens with one attached hydrogen (secondary N) is 1. The number of carbonyl (C=O) groups excluding carboxylic acids is 3. The highest BCUT2D eigenvalue weighted by atomic mass is 35.5. The van der Waals surface area contributed by atoms with Crippen LogP contribution in [0, 0.1) is 6.92 Å². The Morgan fingerprint density at radius 1 is 0.973 bits per heavy atom. The number of piperidine rings is 1. The molecule has 3 aromatic rings. The first-order chi connectivity index (χ1) is 17.9. The Morgan fingerprint density at radius 3 is 2.35 bits per heavy atom. The maximum atomic E-state index is 13.9. The number of likely N-dealkylation sites (tertiary alicyclic amines) is 1. The van der Waals surface area contributed by atoms with Gasteiger partial charge in [0.05, 0.1) is 30.0 Å². The molecule has 37 heavy (non-hydrogen) atoms. The summed E-state index contributed by atoms with van der Waals surface area (Å²) in [4.78, 5) is 43.6. The largest absolute Gasteiger partial charge is 0.467 e. The number of ether oxygens (including phenoxy) is 1. The number of aryl methyl sites for hydroxylation is 1. The van der Waals surface area contributed by atoms with Gasteiger partial charge in [0.2, 0.25) is 5.91 Å². The molecular formula is C28H28ClN3O5. The number of hydrogen-bond donors (Lipinski definition) is 1. The lowest BCUT2D eigenvalue weighted by Crippen LogP contribution is -2.59. The van der Waals surface area contributed by atoms with Crippen molar-refractivity contribution in [3.63, 3.8) is 0 Å². The molecule has 2 fully saturated rings. The molecule has 0 aliphatic carbocycles. The Bertz CT molecular complexity index is 1300. The van der Waals surface area contributed by atoms with Gasteiger partial charge in [0.15, 0.2) is 0 Å². The summed E-state index contributed by atoms with van der Waals surface area (Å²) in [6, 6.07) is 17.0. The maximum Gasteiger partial charge on any atom is 0.257 e. The molecule has 192 valence electrons. The fourth-order valence-electron chi connectivity index (χ4n) is 5.08. The third-order valence-corrected chi connectivity index (χ3v) is 7.44. The summed E-state index contributed by atoms with van der Waals surface area (Å²) in [6.45, 7) is 2.88. The molecule has 2 aromatic carbocycles. The molecular weight excluding hydrogens is 494 g/mol. The van der Waals surface area contributed by atoms with Crippen LogP contribution in [0.5, 0.6) is 0 Å². The van der Waals surface area contributed by atoms with Crippen LogP contribution in [0.3, 0.4) is 0 Å². The average Bonchev–Trinajstić information content (AvgIpc) is 3.56. The van der Waals surface area contributed by atoms with Crippen LogP contribution in [0.4, 0.5) is 0 Å². The zero-order valence-electron chi connectivity index (χ0n) is 20.5. The van der Waals surface area contributed by atoms with Gasteiger partial charge < -0.3 is 19.4 Å². The Kier molecular flexibility index (Phi) is 7.04. The van der Waals surface area contributed by atoms with E-state index in [-0.39, 0.29) is 30.9 Å². The van der Waals surface area contributed by atoms with Crippen LogP contribution in [0.1, 0.15) is 44.9 Å². The van der Waals surface area contributed by atoms with Crippen molar-refractivity contribution in [2.24, 2.45) is 0 Å². The molecule has 2 saturated heterocycles. The molecule has 8 nitrogen and oxygen atoms in total. The van der Waals surface area contributed by atoms with Crippen LogP contribution in [0.15, 0.2) is 71.3 Å². The molecule has 1 unspecified atom stereocenters. The van der Waals surface area contributed by atoms with Crippen molar-refractivity contribution in [2.45, 2.75) is 38.1 Å². The number of hydrogen-bond acceptors (Lipinski definition) is 5. The van der Waals surface area contributed by atoms with E-state index in [1.807, 2.05) is 19.1 Å². The summed E-state index contributed by atoms with van der Waals surface area (Å²) in [7, 11) is 0. The molecule has 9 heteroatoms. The highest BCUT2D eigenvalue weighted by molar-refractivity contribution is 6.33. The van der Waals surface area contributed by atoms with Crippen LogP contribution in [0.25, 0.3) is 0 Å². The van der Waals surface area contributed by atoms with Gasteiger partial charge in [-0.05, 0) is 42.8 Å². The number of carbonyl (C=O) groups is 3. The molecule has 5 rings (SSSR count). The van der Waals surface area contributed by atoms with Gasteiger partial charge in [0, 0.05) is 31.5 Å². The summed E-state index contributed by atoms with van der Waals surface area (Å²) in [5.74, 6) is -0.127. The molecule has 1 aromatic heterocycles. The normalized spacial score (nSPS) is 18.7. The maximum absolute atomic E-state index is 13.9. The number of benzene rings is 2. The van der Waals surface area contributed by atoms with Crippen LogP contribution >= 0.6 is 11.6 Å². The Labute approximate surface area is 220 Å². The van der Waals surface area contributed by atoms with Crippen molar-refractivity contribution in [1.29, 1.82) is 0 Å². The molecule has 0 saturated carbocycles. The van der Waals surface area contributed by atoms with E-state index in [0.29, 0.717) is 47.8 Å². The third kappa shape index (κ3) is 4.86. The molecule has 2 aliphatic heterocycles. The minimum atomic E-state index is -0.997. The van der Waals surface area contributed by atoms with Crippen molar-refractivity contribution >= 4 is 29.3 Å². The second-order valence-corrected chi connectivity index (χ2v) is 9.74.